The second-order valence-electron chi connectivity index (χ2n) is 2.64. The number of nitriles is 1. The molecule has 1 rings (SSSR count). The lowest BCUT2D eigenvalue weighted by atomic mass is 10.1. The van der Waals surface area contributed by atoms with E-state index in [0.29, 0.717) is 12.1 Å². The van der Waals surface area contributed by atoms with E-state index in [2.05, 4.69) is 0 Å². The Morgan fingerprint density at radius 2 is 1.92 bits per heavy atom. The zero-order valence-electron chi connectivity index (χ0n) is 6.70. The van der Waals surface area contributed by atoms with Gasteiger partial charge in [0.2, 0.25) is 0 Å². The van der Waals surface area contributed by atoms with Crippen LogP contribution in [0.4, 0.5) is 5.69 Å². The van der Waals surface area contributed by atoms with E-state index in [1.807, 2.05) is 18.2 Å². The average Bonchev–Trinajstić information content (AvgIpc) is 2.06. The molecule has 0 saturated carbocycles. The summed E-state index contributed by atoms with van der Waals surface area (Å²) < 4.78 is 0. The Labute approximate surface area is 71.6 Å². The Balaban J connectivity index is 2.76. The second kappa shape index (κ2) is 3.74. The topological polar surface area (TPSA) is 75.8 Å². The van der Waals surface area contributed by atoms with Crippen molar-refractivity contribution >= 4 is 5.69 Å². The maximum Gasteiger partial charge on any atom is 0.0641 e. The van der Waals surface area contributed by atoms with Gasteiger partial charge < -0.3 is 11.5 Å². The van der Waals surface area contributed by atoms with Crippen LogP contribution >= 0.6 is 0 Å². The van der Waals surface area contributed by atoms with Crippen LogP contribution in [0.1, 0.15) is 18.0 Å². The summed E-state index contributed by atoms with van der Waals surface area (Å²) in [4.78, 5) is 0. The number of anilines is 1. The largest absolute Gasteiger partial charge is 0.399 e. The average molecular weight is 161 g/mol. The molecule has 3 nitrogen and oxygen atoms in total. The van der Waals surface area contributed by atoms with E-state index in [9.17, 15) is 0 Å². The fourth-order valence-corrected chi connectivity index (χ4v) is 0.959. The van der Waals surface area contributed by atoms with E-state index in [0.717, 1.165) is 5.56 Å². The van der Waals surface area contributed by atoms with Gasteiger partial charge in [0.15, 0.2) is 0 Å². The number of hydrogen-bond acceptors (Lipinski definition) is 3. The van der Waals surface area contributed by atoms with Gasteiger partial charge in [-0.2, -0.15) is 5.26 Å². The van der Waals surface area contributed by atoms with E-state index in [-0.39, 0.29) is 6.04 Å². The molecular weight excluding hydrogens is 150 g/mol. The van der Waals surface area contributed by atoms with Crippen molar-refractivity contribution in [2.24, 2.45) is 5.73 Å². The highest BCUT2D eigenvalue weighted by Gasteiger charge is 2.03. The van der Waals surface area contributed by atoms with E-state index in [1.165, 1.54) is 0 Å². The maximum absolute atomic E-state index is 8.40. The first-order valence-electron chi connectivity index (χ1n) is 3.72. The number of nitrogens with two attached hydrogens (primary N) is 2. The lowest BCUT2D eigenvalue weighted by molar-refractivity contribution is 0.749. The van der Waals surface area contributed by atoms with Gasteiger partial charge in [0.25, 0.3) is 0 Å². The normalized spacial score (nSPS) is 12.0. The summed E-state index contributed by atoms with van der Waals surface area (Å²) in [6.07, 6.45) is 0.337. The van der Waals surface area contributed by atoms with Gasteiger partial charge in [-0.3, -0.25) is 0 Å². The summed E-state index contributed by atoms with van der Waals surface area (Å²) in [6.45, 7) is 0. The molecule has 0 aliphatic carbocycles. The summed E-state index contributed by atoms with van der Waals surface area (Å²) in [5, 5.41) is 8.40. The molecule has 62 valence electrons. The third kappa shape index (κ3) is 1.97. The first-order valence-corrected chi connectivity index (χ1v) is 3.72. The number of benzene rings is 1. The number of hydrogen-bond donors (Lipinski definition) is 2. The highest BCUT2D eigenvalue weighted by Crippen LogP contribution is 2.14. The van der Waals surface area contributed by atoms with E-state index in [1.54, 1.807) is 12.1 Å². The van der Waals surface area contributed by atoms with Crippen LogP contribution in [-0.2, 0) is 0 Å². The van der Waals surface area contributed by atoms with Gasteiger partial charge in [-0.25, -0.2) is 0 Å². The van der Waals surface area contributed by atoms with E-state index in [4.69, 9.17) is 16.7 Å². The molecule has 0 aromatic heterocycles. The first kappa shape index (κ1) is 8.57. The summed E-state index contributed by atoms with van der Waals surface area (Å²) in [5.41, 5.74) is 12.8. The van der Waals surface area contributed by atoms with Crippen molar-refractivity contribution in [2.45, 2.75) is 12.5 Å². The van der Waals surface area contributed by atoms with E-state index >= 15 is 0 Å². The number of nitrogens with zero attached hydrogens (tertiary/aromatic N) is 1. The Bertz CT molecular complexity index is 284. The van der Waals surface area contributed by atoms with Gasteiger partial charge in [-0.1, -0.05) is 12.1 Å². The van der Waals surface area contributed by atoms with Gasteiger partial charge in [-0.05, 0) is 17.7 Å². The monoisotopic (exact) mass is 161 g/mol. The van der Waals surface area contributed by atoms with Crippen molar-refractivity contribution in [3.8, 4) is 6.07 Å². The quantitative estimate of drug-likeness (QED) is 0.639. The summed E-state index contributed by atoms with van der Waals surface area (Å²) in [7, 11) is 0. The predicted octanol–water partition coefficient (Wildman–Crippen LogP) is 1.18. The number of nitrogen functional groups attached to an aromatic ring is 1. The smallest absolute Gasteiger partial charge is 0.0641 e. The predicted molar refractivity (Wildman–Crippen MR) is 48.0 cm³/mol. The minimum Gasteiger partial charge on any atom is -0.399 e. The van der Waals surface area contributed by atoms with Gasteiger partial charge in [0.05, 0.1) is 12.5 Å². The summed E-state index contributed by atoms with van der Waals surface area (Å²) >= 11 is 0. The van der Waals surface area contributed by atoms with E-state index < -0.39 is 0 Å². The minimum absolute atomic E-state index is 0.199. The summed E-state index contributed by atoms with van der Waals surface area (Å²) in [6, 6.07) is 9.08. The Kier molecular flexibility index (Phi) is 2.67. The Morgan fingerprint density at radius 1 is 1.33 bits per heavy atom. The van der Waals surface area contributed by atoms with Crippen LogP contribution in [0.5, 0.6) is 0 Å². The molecule has 0 fully saturated rings. The van der Waals surface area contributed by atoms with Crippen molar-refractivity contribution in [3.63, 3.8) is 0 Å². The molecule has 12 heavy (non-hydrogen) atoms. The molecule has 0 amide bonds. The first-order chi connectivity index (χ1) is 5.74. The number of rotatable bonds is 2. The molecule has 1 atom stereocenters. The molecule has 0 unspecified atom stereocenters. The van der Waals surface area contributed by atoms with Crippen LogP contribution in [0.15, 0.2) is 24.3 Å². The van der Waals surface area contributed by atoms with Gasteiger partial charge in [0, 0.05) is 11.7 Å². The van der Waals surface area contributed by atoms with Crippen molar-refractivity contribution in [3.05, 3.63) is 29.8 Å². The zero-order chi connectivity index (χ0) is 8.97. The van der Waals surface area contributed by atoms with Crippen molar-refractivity contribution in [1.29, 1.82) is 5.26 Å². The third-order valence-electron chi connectivity index (χ3n) is 1.68. The molecule has 0 saturated heterocycles. The van der Waals surface area contributed by atoms with Crippen LogP contribution in [0.3, 0.4) is 0 Å². The molecule has 4 N–H and O–H groups in total. The zero-order valence-corrected chi connectivity index (χ0v) is 6.70. The Hall–Kier alpha value is -1.53. The molecule has 0 radical (unpaired) electrons. The van der Waals surface area contributed by atoms with Crippen molar-refractivity contribution < 1.29 is 0 Å². The SMILES string of the molecule is N#CC[C@@H](N)c1ccc(N)cc1. The maximum atomic E-state index is 8.40. The minimum atomic E-state index is -0.199. The summed E-state index contributed by atoms with van der Waals surface area (Å²) in [5.74, 6) is 0. The van der Waals surface area contributed by atoms with Crippen LogP contribution in [0.25, 0.3) is 0 Å². The fourth-order valence-electron chi connectivity index (χ4n) is 0.959. The lowest BCUT2D eigenvalue weighted by Crippen LogP contribution is -2.08. The van der Waals surface area contributed by atoms with Crippen LogP contribution < -0.4 is 11.5 Å². The molecule has 0 aliphatic heterocycles. The lowest BCUT2D eigenvalue weighted by Gasteiger charge is -2.06. The standard InChI is InChI=1S/C9H11N3/c10-6-5-9(12)7-1-3-8(11)4-2-7/h1-4,9H,5,11-12H2/t9-/m1/s1. The third-order valence-corrected chi connectivity index (χ3v) is 1.68. The highest BCUT2D eigenvalue weighted by atomic mass is 14.6. The molecule has 0 bridgehead atoms. The van der Waals surface area contributed by atoms with Crippen LogP contribution in [-0.4, -0.2) is 0 Å². The molecule has 1 aromatic carbocycles. The van der Waals surface area contributed by atoms with Gasteiger partial charge >= 0.3 is 0 Å². The van der Waals surface area contributed by atoms with Gasteiger partial charge in [-0.15, -0.1) is 0 Å². The van der Waals surface area contributed by atoms with Gasteiger partial charge in [0.1, 0.15) is 0 Å². The van der Waals surface area contributed by atoms with Crippen molar-refractivity contribution in [1.82, 2.24) is 0 Å². The fraction of sp³-hybridized carbons (Fsp3) is 0.222. The second-order valence-corrected chi connectivity index (χ2v) is 2.64. The molecular formula is C9H11N3. The van der Waals surface area contributed by atoms with Crippen LogP contribution in [0.2, 0.25) is 0 Å². The molecule has 0 spiro atoms. The molecule has 3 heteroatoms. The van der Waals surface area contributed by atoms with Crippen LogP contribution in [0, 0.1) is 11.3 Å². The molecule has 1 aromatic rings. The highest BCUT2D eigenvalue weighted by molar-refractivity contribution is 5.40. The Morgan fingerprint density at radius 3 is 2.42 bits per heavy atom. The molecule has 0 aliphatic rings. The molecule has 0 heterocycles. The van der Waals surface area contributed by atoms with Crippen molar-refractivity contribution in [2.75, 3.05) is 5.73 Å².